The van der Waals surface area contributed by atoms with Crippen LogP contribution >= 0.6 is 0 Å². The Bertz CT molecular complexity index is 877. The second-order valence-corrected chi connectivity index (χ2v) is 8.34. The number of benzene rings is 2. The first-order valence-electron chi connectivity index (χ1n) is 11.6. The van der Waals surface area contributed by atoms with E-state index in [4.69, 9.17) is 4.74 Å². The molecule has 2 amide bonds. The van der Waals surface area contributed by atoms with Crippen LogP contribution in [0.5, 0.6) is 0 Å². The molecule has 1 heterocycles. The van der Waals surface area contributed by atoms with Crippen LogP contribution in [0.15, 0.2) is 48.5 Å². The Balaban J connectivity index is 1.66. The molecule has 1 aliphatic heterocycles. The van der Waals surface area contributed by atoms with Gasteiger partial charge in [0.1, 0.15) is 0 Å². The number of hydrogen-bond acceptors (Lipinski definition) is 4. The van der Waals surface area contributed by atoms with E-state index in [1.165, 1.54) is 12.5 Å². The third-order valence-corrected chi connectivity index (χ3v) is 5.84. The molecule has 0 unspecified atom stereocenters. The van der Waals surface area contributed by atoms with Crippen molar-refractivity contribution in [3.05, 3.63) is 59.7 Å². The summed E-state index contributed by atoms with van der Waals surface area (Å²) < 4.78 is 5.35. The van der Waals surface area contributed by atoms with Gasteiger partial charge in [-0.3, -0.25) is 9.59 Å². The third-order valence-electron chi connectivity index (χ3n) is 5.84. The van der Waals surface area contributed by atoms with Gasteiger partial charge in [0.25, 0.3) is 5.91 Å². The molecule has 0 saturated carbocycles. The molecule has 0 aromatic heterocycles. The predicted molar refractivity (Wildman–Crippen MR) is 129 cm³/mol. The quantitative estimate of drug-likeness (QED) is 0.545. The van der Waals surface area contributed by atoms with E-state index in [0.717, 1.165) is 44.5 Å². The molecule has 1 fully saturated rings. The molecule has 0 radical (unpaired) electrons. The fourth-order valence-electron chi connectivity index (χ4n) is 4.22. The fraction of sp³-hybridized carbons (Fsp3) is 0.462. The Labute approximate surface area is 191 Å². The van der Waals surface area contributed by atoms with Crippen molar-refractivity contribution in [3.63, 3.8) is 0 Å². The second-order valence-electron chi connectivity index (χ2n) is 8.34. The summed E-state index contributed by atoms with van der Waals surface area (Å²) in [7, 11) is 0. The summed E-state index contributed by atoms with van der Waals surface area (Å²) in [5.74, 6) is 0.390. The van der Waals surface area contributed by atoms with E-state index in [1.54, 1.807) is 6.07 Å². The summed E-state index contributed by atoms with van der Waals surface area (Å²) in [5, 5.41) is 5.79. The summed E-state index contributed by atoms with van der Waals surface area (Å²) in [4.78, 5) is 26.8. The number of nitrogens with one attached hydrogen (secondary N) is 2. The van der Waals surface area contributed by atoms with E-state index in [0.29, 0.717) is 36.9 Å². The number of carbonyl (C=O) groups is 2. The zero-order chi connectivity index (χ0) is 22.8. The highest BCUT2D eigenvalue weighted by Gasteiger charge is 2.23. The molecule has 0 atom stereocenters. The summed E-state index contributed by atoms with van der Waals surface area (Å²) in [6, 6.07) is 16.3. The molecule has 0 aliphatic carbocycles. The van der Waals surface area contributed by atoms with Crippen LogP contribution in [0.25, 0.3) is 0 Å². The summed E-state index contributed by atoms with van der Waals surface area (Å²) >= 11 is 0. The molecule has 3 rings (SSSR count). The second kappa shape index (κ2) is 12.2. The van der Waals surface area contributed by atoms with Crippen molar-refractivity contribution in [1.82, 2.24) is 5.32 Å². The van der Waals surface area contributed by atoms with Gasteiger partial charge in [-0.25, -0.2) is 0 Å². The number of anilines is 2. The highest BCUT2D eigenvalue weighted by Crippen LogP contribution is 2.30. The number of piperidine rings is 1. The largest absolute Gasteiger partial charge is 0.382 e. The van der Waals surface area contributed by atoms with Crippen molar-refractivity contribution in [2.75, 3.05) is 43.1 Å². The third kappa shape index (κ3) is 7.09. The van der Waals surface area contributed by atoms with Crippen LogP contribution in [0.2, 0.25) is 0 Å². The highest BCUT2D eigenvalue weighted by atomic mass is 16.5. The van der Waals surface area contributed by atoms with E-state index in [1.807, 2.05) is 19.1 Å². The molecule has 6 nitrogen and oxygen atoms in total. The lowest BCUT2D eigenvalue weighted by Gasteiger charge is -2.35. The highest BCUT2D eigenvalue weighted by molar-refractivity contribution is 6.02. The summed E-state index contributed by atoms with van der Waals surface area (Å²) in [5.41, 5.74) is 3.56. The number of amides is 2. The standard InChI is InChI=1S/C26H35N3O3/c1-3-32-17-7-14-27-26(31)24-19-23(28-20(2)30)10-11-25(24)29-15-12-22(13-16-29)18-21-8-5-4-6-9-21/h4-6,8-11,19,22H,3,7,12-18H2,1-2H3,(H,27,31)(H,28,30). The fourth-order valence-corrected chi connectivity index (χ4v) is 4.22. The Kier molecular flexibility index (Phi) is 9.11. The van der Waals surface area contributed by atoms with Crippen molar-refractivity contribution in [1.29, 1.82) is 0 Å². The van der Waals surface area contributed by atoms with Gasteiger partial charge in [0.15, 0.2) is 0 Å². The Morgan fingerprint density at radius 1 is 1.09 bits per heavy atom. The van der Waals surface area contributed by atoms with Crippen LogP contribution in [0.1, 0.15) is 49.0 Å². The van der Waals surface area contributed by atoms with Gasteiger partial charge >= 0.3 is 0 Å². The average Bonchev–Trinajstić information content (AvgIpc) is 2.80. The van der Waals surface area contributed by atoms with E-state index < -0.39 is 0 Å². The minimum atomic E-state index is -0.150. The van der Waals surface area contributed by atoms with E-state index >= 15 is 0 Å². The predicted octanol–water partition coefficient (Wildman–Crippen LogP) is 4.26. The van der Waals surface area contributed by atoms with Crippen LogP contribution in [-0.4, -0.2) is 44.7 Å². The van der Waals surface area contributed by atoms with Crippen LogP contribution in [0, 0.1) is 5.92 Å². The molecule has 32 heavy (non-hydrogen) atoms. The van der Waals surface area contributed by atoms with Gasteiger partial charge in [-0.2, -0.15) is 0 Å². The van der Waals surface area contributed by atoms with Crippen molar-refractivity contribution in [2.45, 2.75) is 39.5 Å². The maximum absolute atomic E-state index is 13.0. The number of ether oxygens (including phenoxy) is 1. The van der Waals surface area contributed by atoms with Gasteiger partial charge < -0.3 is 20.3 Å². The van der Waals surface area contributed by atoms with E-state index in [-0.39, 0.29) is 11.8 Å². The van der Waals surface area contributed by atoms with Crippen LogP contribution in [0.3, 0.4) is 0 Å². The Morgan fingerprint density at radius 2 is 1.84 bits per heavy atom. The van der Waals surface area contributed by atoms with Gasteiger partial charge in [0, 0.05) is 51.1 Å². The maximum atomic E-state index is 13.0. The minimum absolute atomic E-state index is 0.116. The monoisotopic (exact) mass is 437 g/mol. The van der Waals surface area contributed by atoms with Crippen molar-refractivity contribution in [2.24, 2.45) is 5.92 Å². The van der Waals surface area contributed by atoms with Gasteiger partial charge in [-0.05, 0) is 62.3 Å². The van der Waals surface area contributed by atoms with Gasteiger partial charge in [-0.15, -0.1) is 0 Å². The summed E-state index contributed by atoms with van der Waals surface area (Å²) in [6.45, 7) is 7.13. The number of hydrogen-bond donors (Lipinski definition) is 2. The van der Waals surface area contributed by atoms with Gasteiger partial charge in [0.2, 0.25) is 5.91 Å². The topological polar surface area (TPSA) is 70.7 Å². The molecule has 0 spiro atoms. The number of carbonyl (C=O) groups excluding carboxylic acids is 2. The van der Waals surface area contributed by atoms with E-state index in [9.17, 15) is 9.59 Å². The lowest BCUT2D eigenvalue weighted by Crippen LogP contribution is -2.36. The van der Waals surface area contributed by atoms with E-state index in [2.05, 4.69) is 45.9 Å². The normalized spacial score (nSPS) is 14.2. The molecule has 1 aliphatic rings. The summed E-state index contributed by atoms with van der Waals surface area (Å²) in [6.07, 6.45) is 4.06. The maximum Gasteiger partial charge on any atom is 0.253 e. The Hall–Kier alpha value is -2.86. The van der Waals surface area contributed by atoms with Crippen LogP contribution in [-0.2, 0) is 16.0 Å². The number of rotatable bonds is 10. The zero-order valence-electron chi connectivity index (χ0n) is 19.2. The molecular formula is C26H35N3O3. The van der Waals surface area contributed by atoms with Crippen molar-refractivity contribution < 1.29 is 14.3 Å². The average molecular weight is 438 g/mol. The molecule has 2 aromatic rings. The van der Waals surface area contributed by atoms with Crippen molar-refractivity contribution in [3.8, 4) is 0 Å². The zero-order valence-corrected chi connectivity index (χ0v) is 19.2. The first-order valence-corrected chi connectivity index (χ1v) is 11.6. The first kappa shape index (κ1) is 23.8. The molecule has 0 bridgehead atoms. The molecule has 172 valence electrons. The smallest absolute Gasteiger partial charge is 0.253 e. The SMILES string of the molecule is CCOCCCNC(=O)c1cc(NC(C)=O)ccc1N1CCC(Cc2ccccc2)CC1. The van der Waals surface area contributed by atoms with Crippen molar-refractivity contribution >= 4 is 23.2 Å². The van der Waals surface area contributed by atoms with Crippen LogP contribution in [0.4, 0.5) is 11.4 Å². The van der Waals surface area contributed by atoms with Gasteiger partial charge in [0.05, 0.1) is 5.56 Å². The van der Waals surface area contributed by atoms with Crippen LogP contribution < -0.4 is 15.5 Å². The Morgan fingerprint density at radius 3 is 2.53 bits per heavy atom. The first-order chi connectivity index (χ1) is 15.6. The molecular weight excluding hydrogens is 402 g/mol. The molecule has 6 heteroatoms. The number of nitrogens with zero attached hydrogens (tertiary/aromatic N) is 1. The molecule has 2 N–H and O–H groups in total. The lowest BCUT2D eigenvalue weighted by atomic mass is 9.89. The molecule has 1 saturated heterocycles. The lowest BCUT2D eigenvalue weighted by molar-refractivity contribution is -0.114. The minimum Gasteiger partial charge on any atom is -0.382 e. The van der Waals surface area contributed by atoms with Gasteiger partial charge in [-0.1, -0.05) is 30.3 Å². The molecule has 2 aromatic carbocycles.